The number of aromatic nitrogens is 2. The molecule has 4 rings (SSSR count). The molecular weight excluding hydrogens is 398 g/mol. The second-order valence-electron chi connectivity index (χ2n) is 8.66. The molecule has 32 heavy (non-hydrogen) atoms. The van der Waals surface area contributed by atoms with E-state index in [4.69, 9.17) is 9.84 Å². The van der Waals surface area contributed by atoms with Crippen LogP contribution >= 0.6 is 0 Å². The van der Waals surface area contributed by atoms with E-state index in [9.17, 15) is 4.79 Å². The molecule has 1 N–H and O–H groups in total. The molecule has 162 valence electrons. The molecular formula is C27H27N3O2. The Labute approximate surface area is 188 Å². The molecule has 0 spiro atoms. The van der Waals surface area contributed by atoms with Crippen molar-refractivity contribution in [1.82, 2.24) is 9.78 Å². The Hall–Kier alpha value is -3.86. The third kappa shape index (κ3) is 5.06. The summed E-state index contributed by atoms with van der Waals surface area (Å²) in [7, 11) is 0. The van der Waals surface area contributed by atoms with Crippen LogP contribution in [-0.2, 0) is 12.0 Å². The fourth-order valence-corrected chi connectivity index (χ4v) is 3.24. The van der Waals surface area contributed by atoms with Crippen molar-refractivity contribution in [2.45, 2.75) is 32.8 Å². The third-order valence-electron chi connectivity index (χ3n) is 5.08. The van der Waals surface area contributed by atoms with Gasteiger partial charge in [0.2, 0.25) is 0 Å². The summed E-state index contributed by atoms with van der Waals surface area (Å²) in [6.07, 6.45) is 0. The van der Waals surface area contributed by atoms with Gasteiger partial charge in [-0.1, -0.05) is 69.3 Å². The third-order valence-corrected chi connectivity index (χ3v) is 5.08. The van der Waals surface area contributed by atoms with Crippen LogP contribution in [0.15, 0.2) is 91.0 Å². The lowest BCUT2D eigenvalue weighted by atomic mass is 9.92. The summed E-state index contributed by atoms with van der Waals surface area (Å²) in [4.78, 5) is 12.8. The Balaban J connectivity index is 1.57. The topological polar surface area (TPSA) is 56.2 Å². The molecule has 1 aromatic heterocycles. The van der Waals surface area contributed by atoms with Gasteiger partial charge in [0.25, 0.3) is 5.91 Å². The number of nitrogens with one attached hydrogen (secondary N) is 1. The van der Waals surface area contributed by atoms with E-state index < -0.39 is 0 Å². The first-order chi connectivity index (χ1) is 15.4. The number of ether oxygens (including phenoxy) is 1. The minimum atomic E-state index is -0.171. The van der Waals surface area contributed by atoms with Crippen molar-refractivity contribution in [1.29, 1.82) is 0 Å². The monoisotopic (exact) mass is 425 g/mol. The van der Waals surface area contributed by atoms with Crippen LogP contribution in [0, 0.1) is 0 Å². The quantitative estimate of drug-likeness (QED) is 0.412. The summed E-state index contributed by atoms with van der Waals surface area (Å²) in [5, 5.41) is 7.79. The Bertz CT molecular complexity index is 1180. The van der Waals surface area contributed by atoms with Gasteiger partial charge >= 0.3 is 0 Å². The Morgan fingerprint density at radius 3 is 2.16 bits per heavy atom. The number of hydrogen-bond donors (Lipinski definition) is 1. The lowest BCUT2D eigenvalue weighted by molar-refractivity contribution is 0.102. The Morgan fingerprint density at radius 1 is 0.906 bits per heavy atom. The van der Waals surface area contributed by atoms with Crippen molar-refractivity contribution >= 4 is 11.7 Å². The molecule has 5 nitrogen and oxygen atoms in total. The van der Waals surface area contributed by atoms with E-state index in [0.717, 1.165) is 22.7 Å². The minimum absolute atomic E-state index is 0.157. The van der Waals surface area contributed by atoms with Gasteiger partial charge in [-0.15, -0.1) is 0 Å². The number of carbonyl (C=O) groups is 1. The molecule has 0 unspecified atom stereocenters. The van der Waals surface area contributed by atoms with Crippen LogP contribution in [0.2, 0.25) is 0 Å². The predicted molar refractivity (Wildman–Crippen MR) is 127 cm³/mol. The van der Waals surface area contributed by atoms with Crippen molar-refractivity contribution < 1.29 is 9.53 Å². The van der Waals surface area contributed by atoms with Crippen LogP contribution in [0.25, 0.3) is 5.69 Å². The normalized spacial score (nSPS) is 11.2. The Kier molecular flexibility index (Phi) is 6.08. The van der Waals surface area contributed by atoms with E-state index in [1.165, 1.54) is 0 Å². The van der Waals surface area contributed by atoms with Crippen LogP contribution < -0.4 is 10.1 Å². The second-order valence-corrected chi connectivity index (χ2v) is 8.66. The molecule has 0 aliphatic rings. The zero-order valence-corrected chi connectivity index (χ0v) is 18.6. The summed E-state index contributed by atoms with van der Waals surface area (Å²) in [6, 6.07) is 28.9. The maximum absolute atomic E-state index is 12.8. The predicted octanol–water partition coefficient (Wildman–Crippen LogP) is 6.00. The van der Waals surface area contributed by atoms with Gasteiger partial charge in [0, 0.05) is 17.0 Å². The van der Waals surface area contributed by atoms with Gasteiger partial charge in [-0.25, -0.2) is 4.68 Å². The molecule has 0 aliphatic carbocycles. The van der Waals surface area contributed by atoms with Crippen LogP contribution in [0.5, 0.6) is 5.75 Å². The second kappa shape index (κ2) is 9.10. The van der Waals surface area contributed by atoms with Gasteiger partial charge in [0.15, 0.2) is 0 Å². The first-order valence-electron chi connectivity index (χ1n) is 10.6. The molecule has 0 atom stereocenters. The summed E-state index contributed by atoms with van der Waals surface area (Å²) in [5.74, 6) is 1.23. The van der Waals surface area contributed by atoms with Gasteiger partial charge in [0.05, 0.1) is 11.4 Å². The van der Waals surface area contributed by atoms with Crippen molar-refractivity contribution in [3.05, 3.63) is 108 Å². The van der Waals surface area contributed by atoms with E-state index in [-0.39, 0.29) is 11.3 Å². The fourth-order valence-electron chi connectivity index (χ4n) is 3.24. The molecule has 4 aromatic rings. The highest BCUT2D eigenvalue weighted by Crippen LogP contribution is 2.27. The fraction of sp³-hybridized carbons (Fsp3) is 0.185. The van der Waals surface area contributed by atoms with Crippen molar-refractivity contribution in [2.24, 2.45) is 0 Å². The number of hydrogen-bond acceptors (Lipinski definition) is 3. The molecule has 0 aliphatic heterocycles. The first-order valence-corrected chi connectivity index (χ1v) is 10.6. The van der Waals surface area contributed by atoms with Gasteiger partial charge in [-0.2, -0.15) is 5.10 Å². The molecule has 5 heteroatoms. The minimum Gasteiger partial charge on any atom is -0.489 e. The van der Waals surface area contributed by atoms with Crippen LogP contribution in [0.4, 0.5) is 5.82 Å². The zero-order valence-electron chi connectivity index (χ0n) is 18.6. The highest BCUT2D eigenvalue weighted by molar-refractivity contribution is 6.03. The number of amides is 1. The Morgan fingerprint density at radius 2 is 1.53 bits per heavy atom. The van der Waals surface area contributed by atoms with Crippen molar-refractivity contribution in [2.75, 3.05) is 5.32 Å². The van der Waals surface area contributed by atoms with E-state index in [2.05, 4.69) is 26.1 Å². The molecule has 0 fully saturated rings. The summed E-state index contributed by atoms with van der Waals surface area (Å²) >= 11 is 0. The van der Waals surface area contributed by atoms with E-state index >= 15 is 0 Å². The first kappa shape index (κ1) is 21.4. The van der Waals surface area contributed by atoms with E-state index in [0.29, 0.717) is 18.0 Å². The van der Waals surface area contributed by atoms with E-state index in [1.54, 1.807) is 16.8 Å². The number of carbonyl (C=O) groups excluding carboxylic acids is 1. The van der Waals surface area contributed by atoms with Crippen LogP contribution in [0.3, 0.4) is 0 Å². The molecule has 0 saturated carbocycles. The molecule has 3 aromatic carbocycles. The van der Waals surface area contributed by atoms with E-state index in [1.807, 2.05) is 78.9 Å². The smallest absolute Gasteiger partial charge is 0.256 e. The standard InChI is InChI=1S/C27H27N3O2/c1-27(2,3)24-18-25(28-26(31)21-12-8-5-9-13-21)30(29-24)22-14-16-23(17-15-22)32-19-20-10-6-4-7-11-20/h4-18H,19H2,1-3H3,(H,28,31). The van der Waals surface area contributed by atoms with Gasteiger partial charge < -0.3 is 10.1 Å². The lowest BCUT2D eigenvalue weighted by Crippen LogP contribution is -2.15. The van der Waals surface area contributed by atoms with Crippen LogP contribution in [-0.4, -0.2) is 15.7 Å². The number of anilines is 1. The van der Waals surface area contributed by atoms with Crippen LogP contribution in [0.1, 0.15) is 42.4 Å². The molecule has 0 saturated heterocycles. The van der Waals surface area contributed by atoms with Crippen molar-refractivity contribution in [3.8, 4) is 11.4 Å². The average Bonchev–Trinajstić information content (AvgIpc) is 3.24. The molecule has 0 bridgehead atoms. The highest BCUT2D eigenvalue weighted by atomic mass is 16.5. The molecule has 1 amide bonds. The number of nitrogens with zero attached hydrogens (tertiary/aromatic N) is 2. The summed E-state index contributed by atoms with van der Waals surface area (Å²) in [6.45, 7) is 6.81. The summed E-state index contributed by atoms with van der Waals surface area (Å²) < 4.78 is 7.66. The average molecular weight is 426 g/mol. The number of rotatable bonds is 6. The maximum Gasteiger partial charge on any atom is 0.256 e. The van der Waals surface area contributed by atoms with Gasteiger partial charge in [0.1, 0.15) is 18.2 Å². The number of benzene rings is 3. The molecule has 1 heterocycles. The largest absolute Gasteiger partial charge is 0.489 e. The highest BCUT2D eigenvalue weighted by Gasteiger charge is 2.21. The molecule has 0 radical (unpaired) electrons. The van der Waals surface area contributed by atoms with Crippen molar-refractivity contribution in [3.63, 3.8) is 0 Å². The van der Waals surface area contributed by atoms with Gasteiger partial charge in [-0.05, 0) is 42.0 Å². The SMILES string of the molecule is CC(C)(C)c1cc(NC(=O)c2ccccc2)n(-c2ccc(OCc3ccccc3)cc2)n1. The zero-order chi connectivity index (χ0) is 22.6. The lowest BCUT2D eigenvalue weighted by Gasteiger charge is -2.14. The summed E-state index contributed by atoms with van der Waals surface area (Å²) in [5.41, 5.74) is 3.30. The maximum atomic E-state index is 12.8. The van der Waals surface area contributed by atoms with Gasteiger partial charge in [-0.3, -0.25) is 4.79 Å².